The van der Waals surface area contributed by atoms with Crippen LogP contribution in [0.3, 0.4) is 0 Å². The van der Waals surface area contributed by atoms with Crippen molar-refractivity contribution < 1.29 is 0 Å². The Kier molecular flexibility index (Phi) is 5.70. The van der Waals surface area contributed by atoms with Crippen molar-refractivity contribution in [1.29, 1.82) is 0 Å². The van der Waals surface area contributed by atoms with E-state index in [0.29, 0.717) is 0 Å². The second kappa shape index (κ2) is 6.25. The number of nitrogens with one attached hydrogen (secondary N) is 1. The molecule has 1 N–H and O–H groups in total. The summed E-state index contributed by atoms with van der Waals surface area (Å²) in [6.45, 7) is 16.8. The average Bonchev–Trinajstić information content (AvgIpc) is 2.13. The van der Waals surface area contributed by atoms with Gasteiger partial charge < -0.3 is 5.32 Å². The van der Waals surface area contributed by atoms with E-state index in [9.17, 15) is 0 Å². The highest BCUT2D eigenvalue weighted by Gasteiger charge is 1.98. The van der Waals surface area contributed by atoms with Gasteiger partial charge in [0, 0.05) is 12.2 Å². The van der Waals surface area contributed by atoms with Gasteiger partial charge in [-0.1, -0.05) is 30.9 Å². The van der Waals surface area contributed by atoms with Gasteiger partial charge in [0.05, 0.1) is 0 Å². The normalized spacial score (nSPS) is 12.6. The van der Waals surface area contributed by atoms with Gasteiger partial charge in [-0.05, 0) is 38.8 Å². The van der Waals surface area contributed by atoms with Crippen molar-refractivity contribution in [1.82, 2.24) is 5.32 Å². The zero-order valence-electron chi connectivity index (χ0n) is 9.78. The average molecular weight is 191 g/mol. The summed E-state index contributed by atoms with van der Waals surface area (Å²) in [5, 5.41) is 3.24. The molecule has 1 heteroatoms. The molecule has 0 aromatic rings. The Morgan fingerprint density at radius 1 is 1.21 bits per heavy atom. The molecule has 14 heavy (non-hydrogen) atoms. The summed E-state index contributed by atoms with van der Waals surface area (Å²) in [6.07, 6.45) is 4.12. The van der Waals surface area contributed by atoms with Gasteiger partial charge in [-0.2, -0.15) is 0 Å². The molecule has 0 bridgehead atoms. The molecule has 0 amide bonds. The van der Waals surface area contributed by atoms with Crippen molar-refractivity contribution in [3.8, 4) is 0 Å². The number of rotatable bonds is 5. The minimum absolute atomic E-state index is 0.791. The summed E-state index contributed by atoms with van der Waals surface area (Å²) in [4.78, 5) is 0. The van der Waals surface area contributed by atoms with Crippen LogP contribution < -0.4 is 5.32 Å². The van der Waals surface area contributed by atoms with Crippen LogP contribution in [0.1, 0.15) is 27.7 Å². The second-order valence-electron chi connectivity index (χ2n) is 3.60. The van der Waals surface area contributed by atoms with Gasteiger partial charge in [0.15, 0.2) is 0 Å². The number of hydrogen-bond acceptors (Lipinski definition) is 1. The van der Waals surface area contributed by atoms with E-state index >= 15 is 0 Å². The molecule has 0 spiro atoms. The minimum Gasteiger partial charge on any atom is -0.382 e. The predicted molar refractivity (Wildman–Crippen MR) is 65.1 cm³/mol. The smallest absolute Gasteiger partial charge is 0.0354 e. The topological polar surface area (TPSA) is 12.0 Å². The van der Waals surface area contributed by atoms with E-state index in [-0.39, 0.29) is 0 Å². The van der Waals surface area contributed by atoms with E-state index < -0.39 is 0 Å². The molecule has 1 nitrogen and oxygen atoms in total. The highest BCUT2D eigenvalue weighted by atomic mass is 14.9. The van der Waals surface area contributed by atoms with Gasteiger partial charge >= 0.3 is 0 Å². The van der Waals surface area contributed by atoms with Crippen molar-refractivity contribution in [2.75, 3.05) is 6.54 Å². The lowest BCUT2D eigenvalue weighted by Gasteiger charge is -2.11. The minimum atomic E-state index is 0.791. The Labute approximate surface area is 87.9 Å². The molecule has 0 aromatic heterocycles. The van der Waals surface area contributed by atoms with Crippen LogP contribution in [0.2, 0.25) is 0 Å². The molecule has 0 saturated heterocycles. The molecule has 78 valence electrons. The third kappa shape index (κ3) is 4.70. The summed E-state index contributed by atoms with van der Waals surface area (Å²) in [6, 6.07) is 0. The van der Waals surface area contributed by atoms with Crippen LogP contribution in [0, 0.1) is 0 Å². The maximum absolute atomic E-state index is 3.99. The second-order valence-corrected chi connectivity index (χ2v) is 3.60. The zero-order valence-corrected chi connectivity index (χ0v) is 9.78. The van der Waals surface area contributed by atoms with Crippen LogP contribution >= 0.6 is 0 Å². The van der Waals surface area contributed by atoms with Crippen molar-refractivity contribution in [3.05, 3.63) is 47.7 Å². The molecule has 0 aromatic carbocycles. The highest BCUT2D eigenvalue weighted by Crippen LogP contribution is 2.11. The Balaban J connectivity index is 4.38. The van der Waals surface area contributed by atoms with Gasteiger partial charge in [-0.15, -0.1) is 0 Å². The Bertz CT molecular complexity index is 280. The molecule has 0 rings (SSSR count). The summed E-state index contributed by atoms with van der Waals surface area (Å²) in [5.41, 5.74) is 4.53. The molecule has 0 saturated carbocycles. The first-order valence-corrected chi connectivity index (χ1v) is 4.86. The van der Waals surface area contributed by atoms with Crippen LogP contribution in [0.15, 0.2) is 47.7 Å². The zero-order chi connectivity index (χ0) is 11.1. The van der Waals surface area contributed by atoms with E-state index in [1.165, 1.54) is 11.1 Å². The van der Waals surface area contributed by atoms with Crippen molar-refractivity contribution in [2.24, 2.45) is 0 Å². The lowest BCUT2D eigenvalue weighted by atomic mass is 10.1. The first-order chi connectivity index (χ1) is 6.49. The molecule has 0 heterocycles. The highest BCUT2D eigenvalue weighted by molar-refractivity contribution is 5.35. The largest absolute Gasteiger partial charge is 0.382 e. The van der Waals surface area contributed by atoms with Gasteiger partial charge in [-0.25, -0.2) is 0 Å². The fraction of sp³-hybridized carbons (Fsp3) is 0.385. The van der Waals surface area contributed by atoms with Crippen molar-refractivity contribution >= 4 is 0 Å². The monoisotopic (exact) mass is 191 g/mol. The molecule has 0 fully saturated rings. The maximum atomic E-state index is 3.99. The SMILES string of the molecule is C=C(C)CNC(=C)/C(C)=C(C)/C=C\C. The quantitative estimate of drug-likeness (QED) is 0.517. The lowest BCUT2D eigenvalue weighted by Crippen LogP contribution is -2.15. The van der Waals surface area contributed by atoms with Crippen LogP contribution in [-0.2, 0) is 0 Å². The van der Waals surface area contributed by atoms with E-state index in [1.54, 1.807) is 0 Å². The van der Waals surface area contributed by atoms with E-state index in [0.717, 1.165) is 17.8 Å². The van der Waals surface area contributed by atoms with Crippen LogP contribution in [0.5, 0.6) is 0 Å². The van der Waals surface area contributed by atoms with E-state index in [1.807, 2.05) is 19.9 Å². The van der Waals surface area contributed by atoms with Crippen molar-refractivity contribution in [2.45, 2.75) is 27.7 Å². The fourth-order valence-corrected chi connectivity index (χ4v) is 1.00. The van der Waals surface area contributed by atoms with Gasteiger partial charge in [0.1, 0.15) is 0 Å². The van der Waals surface area contributed by atoms with Gasteiger partial charge in [-0.3, -0.25) is 0 Å². The fourth-order valence-electron chi connectivity index (χ4n) is 1.00. The molecule has 0 aliphatic rings. The van der Waals surface area contributed by atoms with Crippen molar-refractivity contribution in [3.63, 3.8) is 0 Å². The summed E-state index contributed by atoms with van der Waals surface area (Å²) >= 11 is 0. The van der Waals surface area contributed by atoms with Gasteiger partial charge in [0.2, 0.25) is 0 Å². The molecule has 0 radical (unpaired) electrons. The summed E-state index contributed by atoms with van der Waals surface area (Å²) in [7, 11) is 0. The molecule has 0 aliphatic carbocycles. The lowest BCUT2D eigenvalue weighted by molar-refractivity contribution is 0.881. The van der Waals surface area contributed by atoms with E-state index in [4.69, 9.17) is 0 Å². The summed E-state index contributed by atoms with van der Waals surface area (Å²) < 4.78 is 0. The Morgan fingerprint density at radius 3 is 2.21 bits per heavy atom. The standard InChI is InChI=1S/C13H21N/c1-7-8-11(4)12(5)13(6)14-9-10(2)3/h7-8,14H,2,6,9H2,1,3-5H3/b8-7-,12-11+. The molecular formula is C13H21N. The van der Waals surface area contributed by atoms with Crippen LogP contribution in [-0.4, -0.2) is 6.54 Å². The van der Waals surface area contributed by atoms with Crippen LogP contribution in [0.25, 0.3) is 0 Å². The Hall–Kier alpha value is -1.24. The van der Waals surface area contributed by atoms with E-state index in [2.05, 4.69) is 38.4 Å². The first-order valence-electron chi connectivity index (χ1n) is 4.86. The summed E-state index contributed by atoms with van der Waals surface area (Å²) in [5.74, 6) is 0. The number of allylic oxidation sites excluding steroid dienone is 4. The number of hydrogen-bond donors (Lipinski definition) is 1. The molecule has 0 atom stereocenters. The third-order valence-electron chi connectivity index (χ3n) is 2.06. The molecular weight excluding hydrogens is 170 g/mol. The van der Waals surface area contributed by atoms with Crippen LogP contribution in [0.4, 0.5) is 0 Å². The first kappa shape index (κ1) is 12.8. The molecule has 0 aliphatic heterocycles. The van der Waals surface area contributed by atoms with Gasteiger partial charge in [0.25, 0.3) is 0 Å². The predicted octanol–water partition coefficient (Wildman–Crippen LogP) is 3.58. The Morgan fingerprint density at radius 2 is 1.79 bits per heavy atom. The molecule has 0 unspecified atom stereocenters. The third-order valence-corrected chi connectivity index (χ3v) is 2.06. The maximum Gasteiger partial charge on any atom is 0.0354 e.